The Labute approximate surface area is 106 Å². The van der Waals surface area contributed by atoms with Gasteiger partial charge in [-0.05, 0) is 30.7 Å². The summed E-state index contributed by atoms with van der Waals surface area (Å²) in [7, 11) is 0. The number of nitrogens with one attached hydrogen (secondary N) is 1. The fraction of sp³-hybridized carbons (Fsp3) is 0.417. The summed E-state index contributed by atoms with van der Waals surface area (Å²) in [5, 5.41) is 11.8. The number of benzene rings is 1. The molecule has 4 nitrogen and oxygen atoms in total. The van der Waals surface area contributed by atoms with Gasteiger partial charge >= 0.3 is 0 Å². The number of aryl methyl sites for hydroxylation is 1. The quantitative estimate of drug-likeness (QED) is 0.757. The summed E-state index contributed by atoms with van der Waals surface area (Å²) in [6.07, 6.45) is 0. The SMILES string of the molecule is Cc1cc(Cl)ccc1C(=O)NCCOCCO. The Balaban J connectivity index is 2.42. The Morgan fingerprint density at radius 1 is 1.47 bits per heavy atom. The Morgan fingerprint density at radius 3 is 2.88 bits per heavy atom. The summed E-state index contributed by atoms with van der Waals surface area (Å²) < 4.78 is 5.03. The smallest absolute Gasteiger partial charge is 0.251 e. The topological polar surface area (TPSA) is 58.6 Å². The molecule has 0 aromatic heterocycles. The number of carbonyl (C=O) groups is 1. The second-order valence-corrected chi connectivity index (χ2v) is 3.99. The highest BCUT2D eigenvalue weighted by atomic mass is 35.5. The number of ether oxygens (including phenoxy) is 1. The average molecular weight is 258 g/mol. The van der Waals surface area contributed by atoms with Crippen LogP contribution in [0.15, 0.2) is 18.2 Å². The lowest BCUT2D eigenvalue weighted by Crippen LogP contribution is -2.28. The van der Waals surface area contributed by atoms with Gasteiger partial charge in [-0.15, -0.1) is 0 Å². The Morgan fingerprint density at radius 2 is 2.24 bits per heavy atom. The Kier molecular flexibility index (Phi) is 5.97. The molecule has 1 amide bonds. The van der Waals surface area contributed by atoms with Crippen molar-refractivity contribution in [3.8, 4) is 0 Å². The van der Waals surface area contributed by atoms with Crippen molar-refractivity contribution in [1.29, 1.82) is 0 Å². The first-order chi connectivity index (χ1) is 8.15. The van der Waals surface area contributed by atoms with Gasteiger partial charge in [-0.2, -0.15) is 0 Å². The molecule has 94 valence electrons. The molecule has 2 N–H and O–H groups in total. The number of aliphatic hydroxyl groups excluding tert-OH is 1. The summed E-state index contributed by atoms with van der Waals surface area (Å²) >= 11 is 5.81. The number of carbonyl (C=O) groups excluding carboxylic acids is 1. The first-order valence-corrected chi connectivity index (χ1v) is 5.76. The van der Waals surface area contributed by atoms with Gasteiger partial charge in [-0.1, -0.05) is 11.6 Å². The zero-order chi connectivity index (χ0) is 12.7. The molecular formula is C12H16ClNO3. The van der Waals surface area contributed by atoms with Crippen molar-refractivity contribution in [2.24, 2.45) is 0 Å². The third kappa shape index (κ3) is 4.73. The van der Waals surface area contributed by atoms with Crippen molar-refractivity contribution in [1.82, 2.24) is 5.32 Å². The van der Waals surface area contributed by atoms with Gasteiger partial charge in [-0.25, -0.2) is 0 Å². The third-order valence-corrected chi connectivity index (χ3v) is 2.44. The molecule has 0 unspecified atom stereocenters. The maximum absolute atomic E-state index is 11.8. The Hall–Kier alpha value is -1.10. The van der Waals surface area contributed by atoms with Crippen molar-refractivity contribution in [2.45, 2.75) is 6.92 Å². The minimum atomic E-state index is -0.147. The molecule has 1 rings (SSSR count). The molecule has 0 heterocycles. The second kappa shape index (κ2) is 7.27. The van der Waals surface area contributed by atoms with Gasteiger partial charge in [0.05, 0.1) is 19.8 Å². The van der Waals surface area contributed by atoms with E-state index in [2.05, 4.69) is 5.32 Å². The van der Waals surface area contributed by atoms with Crippen LogP contribution in [0.25, 0.3) is 0 Å². The molecule has 0 spiro atoms. The molecule has 1 aromatic carbocycles. The molecule has 0 atom stereocenters. The number of rotatable bonds is 6. The monoisotopic (exact) mass is 257 g/mol. The number of amides is 1. The predicted molar refractivity (Wildman–Crippen MR) is 66.4 cm³/mol. The molecule has 1 aromatic rings. The fourth-order valence-corrected chi connectivity index (χ4v) is 1.61. The molecule has 0 saturated heterocycles. The molecule has 5 heteroatoms. The van der Waals surface area contributed by atoms with E-state index < -0.39 is 0 Å². The zero-order valence-corrected chi connectivity index (χ0v) is 10.5. The van der Waals surface area contributed by atoms with Crippen molar-refractivity contribution < 1.29 is 14.6 Å². The van der Waals surface area contributed by atoms with E-state index in [1.165, 1.54) is 0 Å². The van der Waals surface area contributed by atoms with Crippen molar-refractivity contribution in [3.05, 3.63) is 34.3 Å². The normalized spacial score (nSPS) is 10.3. The van der Waals surface area contributed by atoms with Crippen LogP contribution in [0.4, 0.5) is 0 Å². The lowest BCUT2D eigenvalue weighted by molar-refractivity contribution is 0.0837. The minimum absolute atomic E-state index is 0.00968. The second-order valence-electron chi connectivity index (χ2n) is 3.55. The lowest BCUT2D eigenvalue weighted by Gasteiger charge is -2.08. The van der Waals surface area contributed by atoms with Gasteiger partial charge in [-0.3, -0.25) is 4.79 Å². The first-order valence-electron chi connectivity index (χ1n) is 5.38. The van der Waals surface area contributed by atoms with E-state index in [1.54, 1.807) is 18.2 Å². The van der Waals surface area contributed by atoms with Crippen LogP contribution < -0.4 is 5.32 Å². The van der Waals surface area contributed by atoms with E-state index in [-0.39, 0.29) is 19.1 Å². The van der Waals surface area contributed by atoms with Crippen LogP contribution in [0.3, 0.4) is 0 Å². The predicted octanol–water partition coefficient (Wildman–Crippen LogP) is 1.39. The van der Waals surface area contributed by atoms with Gasteiger partial charge in [0.15, 0.2) is 0 Å². The molecule has 17 heavy (non-hydrogen) atoms. The summed E-state index contributed by atoms with van der Waals surface area (Å²) in [6.45, 7) is 2.92. The van der Waals surface area contributed by atoms with Gasteiger partial charge < -0.3 is 15.2 Å². The maximum atomic E-state index is 11.8. The van der Waals surface area contributed by atoms with E-state index in [0.717, 1.165) is 5.56 Å². The molecule has 0 aliphatic rings. The molecular weight excluding hydrogens is 242 g/mol. The summed E-state index contributed by atoms with van der Waals surface area (Å²) in [4.78, 5) is 11.8. The molecule has 0 fully saturated rings. The molecule has 0 aliphatic heterocycles. The zero-order valence-electron chi connectivity index (χ0n) is 9.70. The van der Waals surface area contributed by atoms with Crippen LogP contribution in [0.5, 0.6) is 0 Å². The van der Waals surface area contributed by atoms with Gasteiger partial charge in [0.1, 0.15) is 0 Å². The highest BCUT2D eigenvalue weighted by Gasteiger charge is 2.08. The van der Waals surface area contributed by atoms with E-state index in [1.807, 2.05) is 6.92 Å². The summed E-state index contributed by atoms with van der Waals surface area (Å²) in [5.74, 6) is -0.147. The molecule has 0 bridgehead atoms. The van der Waals surface area contributed by atoms with Crippen LogP contribution in [0, 0.1) is 6.92 Å². The van der Waals surface area contributed by atoms with Crippen molar-refractivity contribution in [3.63, 3.8) is 0 Å². The van der Waals surface area contributed by atoms with Crippen molar-refractivity contribution >= 4 is 17.5 Å². The highest BCUT2D eigenvalue weighted by molar-refractivity contribution is 6.30. The lowest BCUT2D eigenvalue weighted by atomic mass is 10.1. The van der Waals surface area contributed by atoms with Crippen molar-refractivity contribution in [2.75, 3.05) is 26.4 Å². The van der Waals surface area contributed by atoms with Crippen LogP contribution in [-0.2, 0) is 4.74 Å². The molecule has 0 radical (unpaired) electrons. The molecule has 0 saturated carbocycles. The van der Waals surface area contributed by atoms with Crippen LogP contribution >= 0.6 is 11.6 Å². The van der Waals surface area contributed by atoms with Gasteiger partial charge in [0, 0.05) is 17.1 Å². The minimum Gasteiger partial charge on any atom is -0.394 e. The van der Waals surface area contributed by atoms with Gasteiger partial charge in [0.25, 0.3) is 5.91 Å². The average Bonchev–Trinajstić information content (AvgIpc) is 2.28. The largest absolute Gasteiger partial charge is 0.394 e. The third-order valence-electron chi connectivity index (χ3n) is 2.20. The first kappa shape index (κ1) is 14.0. The van der Waals surface area contributed by atoms with E-state index >= 15 is 0 Å². The molecule has 0 aliphatic carbocycles. The fourth-order valence-electron chi connectivity index (χ4n) is 1.38. The van der Waals surface area contributed by atoms with Crippen LogP contribution in [0.1, 0.15) is 15.9 Å². The maximum Gasteiger partial charge on any atom is 0.251 e. The number of aliphatic hydroxyl groups is 1. The van der Waals surface area contributed by atoms with E-state index in [9.17, 15) is 4.79 Å². The number of hydrogen-bond acceptors (Lipinski definition) is 3. The summed E-state index contributed by atoms with van der Waals surface area (Å²) in [6, 6.07) is 5.13. The van der Waals surface area contributed by atoms with Crippen LogP contribution in [0.2, 0.25) is 5.02 Å². The van der Waals surface area contributed by atoms with Gasteiger partial charge in [0.2, 0.25) is 0 Å². The standard InChI is InChI=1S/C12H16ClNO3/c1-9-8-10(13)2-3-11(9)12(16)14-4-6-17-7-5-15/h2-3,8,15H,4-7H2,1H3,(H,14,16). The summed E-state index contributed by atoms with van der Waals surface area (Å²) in [5.41, 5.74) is 1.45. The number of hydrogen-bond donors (Lipinski definition) is 2. The number of halogens is 1. The van der Waals surface area contributed by atoms with E-state index in [4.69, 9.17) is 21.4 Å². The Bertz CT molecular complexity index is 382. The highest BCUT2D eigenvalue weighted by Crippen LogP contribution is 2.14. The van der Waals surface area contributed by atoms with E-state index in [0.29, 0.717) is 23.7 Å². The van der Waals surface area contributed by atoms with Crippen LogP contribution in [-0.4, -0.2) is 37.4 Å².